The molecular formula is C48H53BF4O2. The Morgan fingerprint density at radius 1 is 0.545 bits per heavy atom. The molecule has 0 atom stereocenters. The number of rotatable bonds is 5. The number of benzene rings is 6. The van der Waals surface area contributed by atoms with Gasteiger partial charge in [-0.25, -0.2) is 17.6 Å². The zero-order chi connectivity index (χ0) is 41.3. The van der Waals surface area contributed by atoms with E-state index in [0.717, 1.165) is 16.7 Å². The lowest BCUT2D eigenvalue weighted by molar-refractivity contribution is -0.0910. The molecular weight excluding hydrogens is 695 g/mol. The van der Waals surface area contributed by atoms with Crippen LogP contribution in [-0.4, -0.2) is 18.1 Å². The Kier molecular flexibility index (Phi) is 18.8. The van der Waals surface area contributed by atoms with Crippen molar-refractivity contribution in [3.05, 3.63) is 178 Å². The van der Waals surface area contributed by atoms with Crippen molar-refractivity contribution in [3.63, 3.8) is 0 Å². The van der Waals surface area contributed by atoms with Gasteiger partial charge in [-0.3, -0.25) is 0 Å². The van der Waals surface area contributed by atoms with Gasteiger partial charge in [0.15, 0.2) is 7.85 Å². The van der Waals surface area contributed by atoms with Crippen LogP contribution in [0.25, 0.3) is 33.4 Å². The van der Waals surface area contributed by atoms with Crippen LogP contribution in [0.1, 0.15) is 81.7 Å². The molecule has 0 bridgehead atoms. The minimum atomic E-state index is -2.42. The van der Waals surface area contributed by atoms with Crippen molar-refractivity contribution in [1.82, 2.24) is 0 Å². The summed E-state index contributed by atoms with van der Waals surface area (Å²) in [7, 11) is 5.19. The smallest absolute Gasteiger partial charge is 0.160 e. The van der Waals surface area contributed by atoms with E-state index in [-0.39, 0.29) is 34.8 Å². The molecule has 288 valence electrons. The number of aliphatic hydroxyl groups is 2. The highest BCUT2D eigenvalue weighted by Crippen LogP contribution is 2.30. The minimum absolute atomic E-state index is 0.0897. The van der Waals surface area contributed by atoms with Gasteiger partial charge >= 0.3 is 0 Å². The van der Waals surface area contributed by atoms with Crippen LogP contribution in [0.4, 0.5) is 17.6 Å². The maximum atomic E-state index is 14.3. The van der Waals surface area contributed by atoms with Crippen molar-refractivity contribution in [2.45, 2.75) is 80.3 Å². The van der Waals surface area contributed by atoms with Gasteiger partial charge in [0.05, 0.1) is 0 Å². The third-order valence-electron chi connectivity index (χ3n) is 8.10. The van der Waals surface area contributed by atoms with Crippen molar-refractivity contribution in [1.29, 1.82) is 0 Å². The fourth-order valence-corrected chi connectivity index (χ4v) is 5.34. The van der Waals surface area contributed by atoms with E-state index in [1.165, 1.54) is 30.7 Å². The van der Waals surface area contributed by atoms with E-state index < -0.39 is 5.69 Å². The first-order valence-electron chi connectivity index (χ1n) is 18.5. The molecule has 6 rings (SSSR count). The van der Waals surface area contributed by atoms with Gasteiger partial charge in [0.25, 0.3) is 0 Å². The summed E-state index contributed by atoms with van der Waals surface area (Å²) in [5.41, 5.74) is 4.32. The highest BCUT2D eigenvalue weighted by atomic mass is 19.1. The lowest BCUT2D eigenvalue weighted by Crippen LogP contribution is -2.24. The molecule has 55 heavy (non-hydrogen) atoms. The number of aryl methyl sites for hydroxylation is 3. The van der Waals surface area contributed by atoms with Crippen LogP contribution < -0.4 is 0 Å². The maximum absolute atomic E-state index is 14.3. The molecule has 0 aliphatic heterocycles. The molecule has 0 spiro atoms. The zero-order valence-electron chi connectivity index (χ0n) is 33.4. The van der Waals surface area contributed by atoms with Crippen LogP contribution in [0.15, 0.2) is 127 Å². The zero-order valence-corrected chi connectivity index (χ0v) is 33.4. The summed E-state index contributed by atoms with van der Waals surface area (Å²) in [6.45, 7) is 17.7. The molecule has 2 radical (unpaired) electrons. The molecule has 0 aromatic heterocycles. The van der Waals surface area contributed by atoms with Gasteiger partial charge in [0.2, 0.25) is 0 Å². The third-order valence-corrected chi connectivity index (χ3v) is 8.10. The number of hydrogen-bond donors (Lipinski definition) is 2. The topological polar surface area (TPSA) is 40.5 Å². The summed E-state index contributed by atoms with van der Waals surface area (Å²) in [6, 6.07) is 35.9. The third kappa shape index (κ3) is 13.7. The van der Waals surface area contributed by atoms with Crippen molar-refractivity contribution in [3.8, 4) is 33.4 Å². The molecule has 2 N–H and O–H groups in total. The van der Waals surface area contributed by atoms with Crippen molar-refractivity contribution >= 4 is 7.85 Å². The van der Waals surface area contributed by atoms with Crippen molar-refractivity contribution in [2.24, 2.45) is 0 Å². The van der Waals surface area contributed by atoms with Crippen LogP contribution in [0.5, 0.6) is 0 Å². The highest BCUT2D eigenvalue weighted by Gasteiger charge is 2.19. The predicted octanol–water partition coefficient (Wildman–Crippen LogP) is 13.4. The van der Waals surface area contributed by atoms with Gasteiger partial charge in [-0.15, -0.1) is 0 Å². The summed E-state index contributed by atoms with van der Waals surface area (Å²) in [6.07, 6.45) is 1.25. The number of halogens is 4. The summed E-state index contributed by atoms with van der Waals surface area (Å²) in [5.74, 6) is -0.850. The Morgan fingerprint density at radius 2 is 0.945 bits per heavy atom. The van der Waals surface area contributed by atoms with Gasteiger partial charge < -0.3 is 10.2 Å². The molecule has 0 aliphatic carbocycles. The van der Waals surface area contributed by atoms with Crippen LogP contribution in [-0.2, 0) is 5.69 Å². The van der Waals surface area contributed by atoms with Crippen molar-refractivity contribution in [2.75, 3.05) is 0 Å². The fourth-order valence-electron chi connectivity index (χ4n) is 5.34. The Balaban J connectivity index is 0.000000270. The van der Waals surface area contributed by atoms with Crippen LogP contribution in [0, 0.1) is 44.0 Å². The van der Waals surface area contributed by atoms with Crippen molar-refractivity contribution < 1.29 is 27.8 Å². The molecule has 0 fully saturated rings. The lowest BCUT2D eigenvalue weighted by Gasteiger charge is -2.18. The van der Waals surface area contributed by atoms with Gasteiger partial charge in [0, 0.05) is 22.3 Å². The second-order valence-electron chi connectivity index (χ2n) is 13.1. The molecule has 0 heterocycles. The van der Waals surface area contributed by atoms with Crippen LogP contribution >= 0.6 is 0 Å². The molecule has 7 heteroatoms. The van der Waals surface area contributed by atoms with E-state index in [4.69, 9.17) is 7.85 Å². The van der Waals surface area contributed by atoms with Crippen LogP contribution in [0.3, 0.4) is 0 Å². The summed E-state index contributed by atoms with van der Waals surface area (Å²) >= 11 is 0. The standard InChI is InChI=1S/C16H17F.C14H12BFO2.C13H10F2.C3H8.C2H6/c1-11(2)14-8-5-9-15(16(14)17)13-7-4-6-12(3)10-13;1-9-4-2-7-12(13(9)16)10-5-3-6-11(8-10)14(15,17)18;1-9-4-2-7-12(13(9)15)10-5-3-6-11(14)8-10;1-3-2;1-2/h4-11H,1-3H3;2-8,17-18H,1H3;2-8H,1H3;3H2,1-2H3;1-2H3. The second-order valence-corrected chi connectivity index (χ2v) is 13.1. The molecule has 0 unspecified atom stereocenters. The Hall–Kier alpha value is -4.98. The lowest BCUT2D eigenvalue weighted by atomic mass is 9.86. The second kappa shape index (κ2) is 22.4. The molecule has 0 aliphatic rings. The molecule has 6 aromatic carbocycles. The quantitative estimate of drug-likeness (QED) is 0.105. The largest absolute Gasteiger partial charge is 0.371 e. The molecule has 2 nitrogen and oxygen atoms in total. The van der Waals surface area contributed by atoms with E-state index in [2.05, 4.69) is 13.8 Å². The first kappa shape index (κ1) is 46.2. The number of hydrogen-bond acceptors (Lipinski definition) is 2. The van der Waals surface area contributed by atoms with E-state index >= 15 is 0 Å². The Labute approximate surface area is 327 Å². The monoisotopic (exact) mass is 748 g/mol. The molecule has 0 saturated heterocycles. The van der Waals surface area contributed by atoms with E-state index in [0.29, 0.717) is 38.9 Å². The average molecular weight is 749 g/mol. The molecule has 0 saturated carbocycles. The normalized spacial score (nSPS) is 10.4. The Morgan fingerprint density at radius 3 is 1.40 bits per heavy atom. The highest BCUT2D eigenvalue weighted by molar-refractivity contribution is 6.13. The first-order chi connectivity index (χ1) is 26.1. The van der Waals surface area contributed by atoms with Gasteiger partial charge in [-0.1, -0.05) is 163 Å². The summed E-state index contributed by atoms with van der Waals surface area (Å²) < 4.78 is 55.0. The van der Waals surface area contributed by atoms with Gasteiger partial charge in [-0.2, -0.15) is 0 Å². The molecule has 6 aromatic rings. The van der Waals surface area contributed by atoms with E-state index in [1.54, 1.807) is 74.5 Å². The predicted molar refractivity (Wildman–Crippen MR) is 223 cm³/mol. The average Bonchev–Trinajstić information content (AvgIpc) is 3.15. The molecule has 0 amide bonds. The first-order valence-corrected chi connectivity index (χ1v) is 18.5. The maximum Gasteiger partial charge on any atom is 0.160 e. The van der Waals surface area contributed by atoms with Crippen LogP contribution in [0.2, 0.25) is 0 Å². The van der Waals surface area contributed by atoms with Gasteiger partial charge in [-0.05, 0) is 78.3 Å². The van der Waals surface area contributed by atoms with E-state index in [9.17, 15) is 27.8 Å². The Bertz CT molecular complexity index is 2090. The SMILES string of the molecule is CC.CCC.Cc1cccc(-c2cccc(C(C)C)c2F)c1.Cc1cccc(-c2cccc(F)c2)c1F.[B]C(O)(O)c1cccc(-c2cccc(C)c2F)c1. The van der Waals surface area contributed by atoms with Gasteiger partial charge in [0.1, 0.15) is 29.0 Å². The minimum Gasteiger partial charge on any atom is -0.371 e. The van der Waals surface area contributed by atoms with E-state index in [1.807, 2.05) is 77.1 Å². The summed E-state index contributed by atoms with van der Waals surface area (Å²) in [4.78, 5) is 0. The fraction of sp³-hybridized carbons (Fsp3) is 0.250. The summed E-state index contributed by atoms with van der Waals surface area (Å²) in [5, 5.41) is 18.6.